The summed E-state index contributed by atoms with van der Waals surface area (Å²) in [6, 6.07) is 0.104. The molecule has 108 valence electrons. The zero-order valence-corrected chi connectivity index (χ0v) is 12.1. The largest absolute Gasteiger partial charge is 0.372 e. The van der Waals surface area contributed by atoms with Gasteiger partial charge in [-0.15, -0.1) is 17.9 Å². The predicted octanol–water partition coefficient (Wildman–Crippen LogP) is 1.72. The molecule has 1 saturated carbocycles. The molecule has 1 amide bonds. The maximum absolute atomic E-state index is 12.5. The van der Waals surface area contributed by atoms with Crippen LogP contribution in [0, 0.1) is 0 Å². The summed E-state index contributed by atoms with van der Waals surface area (Å²) in [7, 11) is 0. The number of amides is 1. The first-order valence-corrected chi connectivity index (χ1v) is 7.79. The van der Waals surface area contributed by atoms with Gasteiger partial charge in [0.15, 0.2) is 0 Å². The van der Waals surface area contributed by atoms with Crippen LogP contribution in [0.5, 0.6) is 0 Å². The zero-order chi connectivity index (χ0) is 13.9. The third-order valence-electron chi connectivity index (χ3n) is 3.88. The second kappa shape index (κ2) is 6.03. The number of nitrogens with zero attached hydrogens (tertiary/aromatic N) is 2. The number of hydrogen-bond donors (Lipinski definition) is 0. The van der Waals surface area contributed by atoms with Gasteiger partial charge in [0.05, 0.1) is 30.9 Å². The number of carbonyl (C=O) groups excluding carboxylic acids is 1. The molecule has 0 radical (unpaired) electrons. The average Bonchev–Trinajstić information content (AvgIpc) is 3.13. The van der Waals surface area contributed by atoms with Crippen molar-refractivity contribution in [1.29, 1.82) is 0 Å². The molecule has 1 aliphatic carbocycles. The number of morpholine rings is 1. The van der Waals surface area contributed by atoms with Gasteiger partial charge in [-0.2, -0.15) is 0 Å². The molecular formula is C14H18N2O3S. The monoisotopic (exact) mass is 294 g/mol. The van der Waals surface area contributed by atoms with Crippen LogP contribution >= 0.6 is 11.3 Å². The first-order chi connectivity index (χ1) is 9.81. The van der Waals surface area contributed by atoms with E-state index in [1.54, 1.807) is 17.0 Å². The van der Waals surface area contributed by atoms with E-state index in [9.17, 15) is 4.79 Å². The summed E-state index contributed by atoms with van der Waals surface area (Å²) in [5.74, 6) is 0.00826. The van der Waals surface area contributed by atoms with E-state index in [1.165, 1.54) is 11.3 Å². The maximum Gasteiger partial charge on any atom is 0.273 e. The highest BCUT2D eigenvalue weighted by Gasteiger charge is 2.45. The molecule has 1 aliphatic heterocycles. The van der Waals surface area contributed by atoms with E-state index in [2.05, 4.69) is 11.6 Å². The molecular weight excluding hydrogens is 276 g/mol. The highest BCUT2D eigenvalue weighted by molar-refractivity contribution is 7.07. The van der Waals surface area contributed by atoms with Gasteiger partial charge in [-0.1, -0.05) is 6.08 Å². The van der Waals surface area contributed by atoms with Crippen LogP contribution in [0.2, 0.25) is 0 Å². The Morgan fingerprint density at radius 3 is 3.30 bits per heavy atom. The van der Waals surface area contributed by atoms with Crippen molar-refractivity contribution in [3.05, 3.63) is 29.2 Å². The van der Waals surface area contributed by atoms with Crippen molar-refractivity contribution in [2.24, 2.45) is 0 Å². The summed E-state index contributed by atoms with van der Waals surface area (Å²) in [5, 5.41) is 1.80. The number of hydrogen-bond acceptors (Lipinski definition) is 5. The molecule has 5 nitrogen and oxygen atoms in total. The molecule has 3 rings (SSSR count). The molecule has 1 saturated heterocycles. The van der Waals surface area contributed by atoms with Crippen molar-refractivity contribution in [2.45, 2.75) is 31.1 Å². The van der Waals surface area contributed by atoms with Crippen LogP contribution in [0.15, 0.2) is 23.5 Å². The van der Waals surface area contributed by atoms with Crippen molar-refractivity contribution in [3.8, 4) is 0 Å². The van der Waals surface area contributed by atoms with Crippen molar-refractivity contribution >= 4 is 17.2 Å². The molecule has 0 N–H and O–H groups in total. The smallest absolute Gasteiger partial charge is 0.273 e. The fourth-order valence-electron chi connectivity index (χ4n) is 3.00. The quantitative estimate of drug-likeness (QED) is 0.793. The fraction of sp³-hybridized carbons (Fsp3) is 0.571. The summed E-state index contributed by atoms with van der Waals surface area (Å²) >= 11 is 1.44. The number of carbonyl (C=O) groups is 1. The molecule has 0 aromatic carbocycles. The summed E-state index contributed by atoms with van der Waals surface area (Å²) < 4.78 is 11.6. The molecule has 2 fully saturated rings. The predicted molar refractivity (Wildman–Crippen MR) is 75.8 cm³/mol. The van der Waals surface area contributed by atoms with Crippen LogP contribution in [0.4, 0.5) is 0 Å². The van der Waals surface area contributed by atoms with E-state index in [0.717, 1.165) is 12.8 Å². The van der Waals surface area contributed by atoms with Crippen molar-refractivity contribution < 1.29 is 14.3 Å². The van der Waals surface area contributed by atoms with Gasteiger partial charge in [-0.3, -0.25) is 4.79 Å². The van der Waals surface area contributed by atoms with Crippen molar-refractivity contribution in [2.75, 3.05) is 19.8 Å². The molecule has 2 heterocycles. The minimum atomic E-state index is -0.0220. The lowest BCUT2D eigenvalue weighted by Crippen LogP contribution is -2.54. The summed E-state index contributed by atoms with van der Waals surface area (Å²) in [4.78, 5) is 18.5. The molecule has 2 aliphatic rings. The standard InChI is InChI=1S/C14H18N2O3S/c1-2-6-18-12-4-3-11-13(12)19-7-5-16(11)14(17)10-8-20-9-15-10/h2,8-9,11-13H,1,3-7H2/t11-,12-,13+/m0/s1. The zero-order valence-electron chi connectivity index (χ0n) is 11.2. The normalized spacial score (nSPS) is 29.2. The first-order valence-electron chi connectivity index (χ1n) is 6.84. The lowest BCUT2D eigenvalue weighted by molar-refractivity contribution is -0.100. The molecule has 0 spiro atoms. The molecule has 20 heavy (non-hydrogen) atoms. The molecule has 0 bridgehead atoms. The molecule has 6 heteroatoms. The molecule has 0 unspecified atom stereocenters. The Bertz CT molecular complexity index is 477. The number of ether oxygens (including phenoxy) is 2. The van der Waals surface area contributed by atoms with Gasteiger partial charge in [0.25, 0.3) is 5.91 Å². The summed E-state index contributed by atoms with van der Waals surface area (Å²) in [6.45, 7) is 5.38. The molecule has 1 aromatic heterocycles. The van der Waals surface area contributed by atoms with E-state index in [-0.39, 0.29) is 24.2 Å². The van der Waals surface area contributed by atoms with Gasteiger partial charge in [-0.25, -0.2) is 4.98 Å². The third kappa shape index (κ3) is 2.51. The van der Waals surface area contributed by atoms with Crippen LogP contribution in [-0.2, 0) is 9.47 Å². The van der Waals surface area contributed by atoms with E-state index in [0.29, 0.717) is 25.5 Å². The van der Waals surface area contributed by atoms with Gasteiger partial charge in [0, 0.05) is 11.9 Å². The maximum atomic E-state index is 12.5. The Kier molecular flexibility index (Phi) is 4.14. The van der Waals surface area contributed by atoms with E-state index in [4.69, 9.17) is 9.47 Å². The second-order valence-electron chi connectivity index (χ2n) is 5.01. The first kappa shape index (κ1) is 13.7. The van der Waals surface area contributed by atoms with Gasteiger partial charge in [0.2, 0.25) is 0 Å². The van der Waals surface area contributed by atoms with Crippen LogP contribution < -0.4 is 0 Å². The topological polar surface area (TPSA) is 51.7 Å². The van der Waals surface area contributed by atoms with Gasteiger partial charge >= 0.3 is 0 Å². The highest BCUT2D eigenvalue weighted by Crippen LogP contribution is 2.32. The van der Waals surface area contributed by atoms with Crippen molar-refractivity contribution in [1.82, 2.24) is 9.88 Å². The minimum Gasteiger partial charge on any atom is -0.372 e. The molecule has 1 aromatic rings. The average molecular weight is 294 g/mol. The van der Waals surface area contributed by atoms with Crippen LogP contribution in [0.3, 0.4) is 0 Å². The lowest BCUT2D eigenvalue weighted by atomic mass is 10.1. The Morgan fingerprint density at radius 1 is 1.65 bits per heavy atom. The van der Waals surface area contributed by atoms with Crippen LogP contribution in [0.1, 0.15) is 23.3 Å². The van der Waals surface area contributed by atoms with Gasteiger partial charge in [0.1, 0.15) is 11.8 Å². The number of thiazole rings is 1. The SMILES string of the molecule is C=CCO[C@H]1CC[C@H]2[C@H]1OCCN2C(=O)c1cscn1. The number of rotatable bonds is 4. The Morgan fingerprint density at radius 2 is 2.55 bits per heavy atom. The second-order valence-corrected chi connectivity index (χ2v) is 5.73. The van der Waals surface area contributed by atoms with Crippen LogP contribution in [0.25, 0.3) is 0 Å². The Hall–Kier alpha value is -1.24. The number of aromatic nitrogens is 1. The van der Waals surface area contributed by atoms with Crippen LogP contribution in [-0.4, -0.2) is 53.8 Å². The van der Waals surface area contributed by atoms with E-state index in [1.807, 2.05) is 4.90 Å². The minimum absolute atomic E-state index is 0.00826. The van der Waals surface area contributed by atoms with Gasteiger partial charge in [-0.05, 0) is 12.8 Å². The summed E-state index contributed by atoms with van der Waals surface area (Å²) in [5.41, 5.74) is 2.22. The molecule has 3 atom stereocenters. The van der Waals surface area contributed by atoms with E-state index < -0.39 is 0 Å². The third-order valence-corrected chi connectivity index (χ3v) is 4.46. The highest BCUT2D eigenvalue weighted by atomic mass is 32.1. The van der Waals surface area contributed by atoms with Gasteiger partial charge < -0.3 is 14.4 Å². The summed E-state index contributed by atoms with van der Waals surface area (Å²) in [6.07, 6.45) is 3.62. The Labute approximate surface area is 122 Å². The van der Waals surface area contributed by atoms with Crippen molar-refractivity contribution in [3.63, 3.8) is 0 Å². The fourth-order valence-corrected chi connectivity index (χ4v) is 3.53. The van der Waals surface area contributed by atoms with E-state index >= 15 is 0 Å². The lowest BCUT2D eigenvalue weighted by Gasteiger charge is -2.38. The Balaban J connectivity index is 1.71. The number of fused-ring (bicyclic) bond motifs is 1.